The first-order chi connectivity index (χ1) is 14.0. The van der Waals surface area contributed by atoms with Gasteiger partial charge in [-0.1, -0.05) is 24.4 Å². The highest BCUT2D eigenvalue weighted by molar-refractivity contribution is 8.14. The second kappa shape index (κ2) is 8.51. The molecule has 2 aromatic rings. The molecule has 1 N–H and O–H groups in total. The Labute approximate surface area is 172 Å². The van der Waals surface area contributed by atoms with E-state index in [9.17, 15) is 8.78 Å². The number of hydrogen-bond donors (Lipinski definition) is 1. The lowest BCUT2D eigenvalue weighted by Gasteiger charge is -2.28. The van der Waals surface area contributed by atoms with E-state index in [4.69, 9.17) is 4.74 Å². The highest BCUT2D eigenvalue weighted by Gasteiger charge is 2.30. The van der Waals surface area contributed by atoms with Crippen molar-refractivity contribution in [3.63, 3.8) is 0 Å². The Morgan fingerprint density at radius 1 is 1.24 bits per heavy atom. The summed E-state index contributed by atoms with van der Waals surface area (Å²) in [6.07, 6.45) is 1.81. The number of ether oxygens (including phenoxy) is 1. The number of amidine groups is 1. The molecule has 1 aromatic carbocycles. The van der Waals surface area contributed by atoms with Gasteiger partial charge in [-0.15, -0.1) is 0 Å². The zero-order valence-electron chi connectivity index (χ0n) is 16.1. The third-order valence-corrected chi connectivity index (χ3v) is 6.30. The molecule has 0 amide bonds. The Morgan fingerprint density at radius 2 is 1.97 bits per heavy atom. The van der Waals surface area contributed by atoms with Crippen LogP contribution in [0.1, 0.15) is 23.3 Å². The number of benzene rings is 1. The van der Waals surface area contributed by atoms with E-state index in [1.54, 1.807) is 0 Å². The van der Waals surface area contributed by atoms with Gasteiger partial charge < -0.3 is 15.0 Å². The molecule has 2 atom stereocenters. The number of nitrogens with one attached hydrogen (secondary N) is 1. The summed E-state index contributed by atoms with van der Waals surface area (Å²) in [6, 6.07) is 7.83. The van der Waals surface area contributed by atoms with Crippen LogP contribution < -0.4 is 10.2 Å². The molecule has 2 unspecified atom stereocenters. The Hall–Kier alpha value is -2.45. The second-order valence-corrected chi connectivity index (χ2v) is 8.09. The molecule has 0 radical (unpaired) electrons. The number of pyridine rings is 1. The minimum absolute atomic E-state index is 0.000654. The zero-order valence-corrected chi connectivity index (χ0v) is 16.9. The van der Waals surface area contributed by atoms with Gasteiger partial charge in [-0.25, -0.2) is 13.8 Å². The van der Waals surface area contributed by atoms with Crippen molar-refractivity contribution in [3.05, 3.63) is 65.9 Å². The van der Waals surface area contributed by atoms with E-state index in [1.165, 1.54) is 30.0 Å². The van der Waals surface area contributed by atoms with Gasteiger partial charge in [0.25, 0.3) is 0 Å². The molecule has 1 aromatic heterocycles. The fraction of sp³-hybridized carbons (Fsp3) is 0.333. The van der Waals surface area contributed by atoms with Gasteiger partial charge in [-0.05, 0) is 36.8 Å². The van der Waals surface area contributed by atoms with Crippen molar-refractivity contribution < 1.29 is 13.5 Å². The maximum Gasteiger partial charge on any atom is 0.162 e. The van der Waals surface area contributed by atoms with Crippen molar-refractivity contribution >= 4 is 28.4 Å². The van der Waals surface area contributed by atoms with E-state index in [-0.39, 0.29) is 22.6 Å². The van der Waals surface area contributed by atoms with E-state index in [0.717, 1.165) is 24.5 Å². The SMILES string of the molecule is C=C(NC1=NC(C)C(c2ccnc(N3CCOCC3)c2)S1)c1c(F)cccc1F. The van der Waals surface area contributed by atoms with Gasteiger partial charge in [0.15, 0.2) is 5.17 Å². The largest absolute Gasteiger partial charge is 0.378 e. The van der Waals surface area contributed by atoms with Crippen LogP contribution in [0, 0.1) is 11.6 Å². The van der Waals surface area contributed by atoms with Crippen LogP contribution in [0.15, 0.2) is 48.1 Å². The summed E-state index contributed by atoms with van der Waals surface area (Å²) < 4.78 is 33.4. The normalized spacial score (nSPS) is 21.8. The maximum absolute atomic E-state index is 14.0. The first-order valence-electron chi connectivity index (χ1n) is 9.46. The number of halogens is 2. The lowest BCUT2D eigenvalue weighted by atomic mass is 10.1. The number of thioether (sulfide) groups is 1. The fourth-order valence-corrected chi connectivity index (χ4v) is 4.65. The first-order valence-corrected chi connectivity index (χ1v) is 10.3. The molecule has 5 nitrogen and oxygen atoms in total. The minimum atomic E-state index is -0.653. The van der Waals surface area contributed by atoms with E-state index in [0.29, 0.717) is 18.4 Å². The molecule has 0 aliphatic carbocycles. The molecule has 1 fully saturated rings. The molecule has 1 saturated heterocycles. The summed E-state index contributed by atoms with van der Waals surface area (Å²) in [5.41, 5.74) is 1.11. The molecule has 2 aliphatic rings. The number of hydrogen-bond acceptors (Lipinski definition) is 6. The average molecular weight is 416 g/mol. The lowest BCUT2D eigenvalue weighted by Crippen LogP contribution is -2.36. The Morgan fingerprint density at radius 3 is 2.69 bits per heavy atom. The summed E-state index contributed by atoms with van der Waals surface area (Å²) in [6.45, 7) is 8.86. The molecule has 2 aliphatic heterocycles. The molecule has 29 heavy (non-hydrogen) atoms. The number of nitrogens with zero attached hydrogens (tertiary/aromatic N) is 3. The molecule has 0 spiro atoms. The number of rotatable bonds is 4. The lowest BCUT2D eigenvalue weighted by molar-refractivity contribution is 0.122. The van der Waals surface area contributed by atoms with Gasteiger partial charge in [0.2, 0.25) is 0 Å². The van der Waals surface area contributed by atoms with E-state index >= 15 is 0 Å². The second-order valence-electron chi connectivity index (χ2n) is 6.96. The van der Waals surface area contributed by atoms with E-state index in [2.05, 4.69) is 32.8 Å². The van der Waals surface area contributed by atoms with Crippen molar-refractivity contribution in [2.75, 3.05) is 31.2 Å². The molecule has 0 bridgehead atoms. The molecule has 152 valence electrons. The molecular weight excluding hydrogens is 394 g/mol. The van der Waals surface area contributed by atoms with Crippen LogP contribution in [0.3, 0.4) is 0 Å². The van der Waals surface area contributed by atoms with Crippen LogP contribution in [0.4, 0.5) is 14.6 Å². The monoisotopic (exact) mass is 416 g/mol. The summed E-state index contributed by atoms with van der Waals surface area (Å²) >= 11 is 1.52. The fourth-order valence-electron chi connectivity index (χ4n) is 3.46. The smallest absolute Gasteiger partial charge is 0.162 e. The zero-order chi connectivity index (χ0) is 20.4. The van der Waals surface area contributed by atoms with E-state index in [1.807, 2.05) is 19.2 Å². The minimum Gasteiger partial charge on any atom is -0.378 e. The predicted molar refractivity (Wildman–Crippen MR) is 113 cm³/mol. The van der Waals surface area contributed by atoms with Gasteiger partial charge in [0.1, 0.15) is 17.5 Å². The summed E-state index contributed by atoms with van der Waals surface area (Å²) in [4.78, 5) is 11.3. The Kier molecular flexibility index (Phi) is 5.82. The van der Waals surface area contributed by atoms with Gasteiger partial charge in [-0.2, -0.15) is 0 Å². The number of aliphatic imine (C=N–C) groups is 1. The third kappa shape index (κ3) is 4.28. The van der Waals surface area contributed by atoms with Crippen LogP contribution in [-0.2, 0) is 4.74 Å². The summed E-state index contributed by atoms with van der Waals surface area (Å²) in [5.74, 6) is -0.377. The van der Waals surface area contributed by atoms with Crippen LogP contribution >= 0.6 is 11.8 Å². The summed E-state index contributed by atoms with van der Waals surface area (Å²) in [5, 5.41) is 3.66. The predicted octanol–water partition coefficient (Wildman–Crippen LogP) is 3.99. The first kappa shape index (κ1) is 19.8. The van der Waals surface area contributed by atoms with Crippen molar-refractivity contribution in [2.45, 2.75) is 18.2 Å². The van der Waals surface area contributed by atoms with Crippen LogP contribution in [-0.4, -0.2) is 42.5 Å². The highest BCUT2D eigenvalue weighted by Crippen LogP contribution is 2.40. The van der Waals surface area contributed by atoms with Crippen molar-refractivity contribution in [2.24, 2.45) is 4.99 Å². The molecule has 8 heteroatoms. The van der Waals surface area contributed by atoms with Crippen LogP contribution in [0.25, 0.3) is 5.70 Å². The maximum atomic E-state index is 14.0. The molecule has 0 saturated carbocycles. The van der Waals surface area contributed by atoms with Gasteiger partial charge in [0.05, 0.1) is 30.1 Å². The van der Waals surface area contributed by atoms with Crippen molar-refractivity contribution in [3.8, 4) is 0 Å². The van der Waals surface area contributed by atoms with Crippen molar-refractivity contribution in [1.29, 1.82) is 0 Å². The molecule has 3 heterocycles. The molecule has 4 rings (SSSR count). The Balaban J connectivity index is 1.47. The Bertz CT molecular complexity index is 926. The van der Waals surface area contributed by atoms with Crippen LogP contribution in [0.2, 0.25) is 0 Å². The highest BCUT2D eigenvalue weighted by atomic mass is 32.2. The standard InChI is InChI=1S/C21H22F2N4OS/c1-13(19-16(22)4-3-5-17(19)23)25-21-26-14(2)20(29-21)15-6-7-24-18(12-15)27-8-10-28-11-9-27/h3-7,12,14,20H,1,8-11H2,2H3,(H,25,26). The summed E-state index contributed by atoms with van der Waals surface area (Å²) in [7, 11) is 0. The van der Waals surface area contributed by atoms with E-state index < -0.39 is 11.6 Å². The number of morpholine rings is 1. The van der Waals surface area contributed by atoms with Gasteiger partial charge in [-0.3, -0.25) is 4.99 Å². The average Bonchev–Trinajstić information content (AvgIpc) is 3.08. The molecular formula is C21H22F2N4OS. The number of anilines is 1. The van der Waals surface area contributed by atoms with Gasteiger partial charge >= 0.3 is 0 Å². The quantitative estimate of drug-likeness (QED) is 0.817. The topological polar surface area (TPSA) is 49.8 Å². The third-order valence-electron chi connectivity index (χ3n) is 4.95. The van der Waals surface area contributed by atoms with Crippen LogP contribution in [0.5, 0.6) is 0 Å². The van der Waals surface area contributed by atoms with Gasteiger partial charge in [0, 0.05) is 25.0 Å². The van der Waals surface area contributed by atoms with Crippen molar-refractivity contribution in [1.82, 2.24) is 10.3 Å². The number of aromatic nitrogens is 1.